The van der Waals surface area contributed by atoms with E-state index in [1.807, 2.05) is 13.0 Å². The Balaban J connectivity index is 1.92. The van der Waals surface area contributed by atoms with Gasteiger partial charge in [-0.3, -0.25) is 0 Å². The van der Waals surface area contributed by atoms with Gasteiger partial charge in [-0.05, 0) is 31.2 Å². The van der Waals surface area contributed by atoms with Crippen LogP contribution in [-0.4, -0.2) is 17.6 Å². The molecule has 2 rings (SSSR count). The molecule has 6 heteroatoms. The van der Waals surface area contributed by atoms with Crippen LogP contribution >= 0.6 is 0 Å². The molecule has 1 N–H and O–H groups in total. The Bertz CT molecular complexity index is 670. The van der Waals surface area contributed by atoms with Gasteiger partial charge >= 0.3 is 0 Å². The highest BCUT2D eigenvalue weighted by Crippen LogP contribution is 2.18. The zero-order valence-corrected chi connectivity index (χ0v) is 11.3. The van der Waals surface area contributed by atoms with E-state index in [-0.39, 0.29) is 18.4 Å². The molecule has 0 spiro atoms. The van der Waals surface area contributed by atoms with Gasteiger partial charge in [0.05, 0.1) is 6.04 Å². The standard InChI is InChI=1S/C15H13F2N3O/c1-10(19-15-4-2-3-12(8-18)20-15)9-21-14-6-5-11(16)7-13(14)17/h2-7,10H,9H2,1H3,(H,19,20). The molecule has 0 aliphatic carbocycles. The molecule has 0 fully saturated rings. The molecular weight excluding hydrogens is 276 g/mol. The van der Waals surface area contributed by atoms with Crippen molar-refractivity contribution in [3.05, 3.63) is 53.7 Å². The van der Waals surface area contributed by atoms with Crippen LogP contribution in [0.2, 0.25) is 0 Å². The molecule has 0 amide bonds. The number of benzene rings is 1. The van der Waals surface area contributed by atoms with Gasteiger partial charge in [-0.15, -0.1) is 0 Å². The summed E-state index contributed by atoms with van der Waals surface area (Å²) in [6, 6.07) is 9.94. The minimum atomic E-state index is -0.744. The summed E-state index contributed by atoms with van der Waals surface area (Å²) in [5.41, 5.74) is 0.303. The van der Waals surface area contributed by atoms with Crippen LogP contribution in [0.15, 0.2) is 36.4 Å². The predicted molar refractivity (Wildman–Crippen MR) is 73.9 cm³/mol. The smallest absolute Gasteiger partial charge is 0.167 e. The SMILES string of the molecule is CC(COc1ccc(F)cc1F)Nc1cccc(C#N)n1. The zero-order chi connectivity index (χ0) is 15.2. The van der Waals surface area contributed by atoms with Gasteiger partial charge < -0.3 is 10.1 Å². The monoisotopic (exact) mass is 289 g/mol. The maximum absolute atomic E-state index is 13.4. The second-order valence-electron chi connectivity index (χ2n) is 4.45. The third kappa shape index (κ3) is 4.14. The molecule has 0 radical (unpaired) electrons. The molecule has 0 bridgehead atoms. The molecule has 1 aromatic carbocycles. The number of halogens is 2. The van der Waals surface area contributed by atoms with Gasteiger partial charge in [0.25, 0.3) is 0 Å². The fourth-order valence-electron chi connectivity index (χ4n) is 1.68. The van der Waals surface area contributed by atoms with Crippen molar-refractivity contribution in [1.29, 1.82) is 5.26 Å². The number of nitrogens with one attached hydrogen (secondary N) is 1. The van der Waals surface area contributed by atoms with Gasteiger partial charge in [0, 0.05) is 6.07 Å². The minimum Gasteiger partial charge on any atom is -0.488 e. The number of hydrogen-bond acceptors (Lipinski definition) is 4. The lowest BCUT2D eigenvalue weighted by atomic mass is 10.3. The number of rotatable bonds is 5. The van der Waals surface area contributed by atoms with Crippen molar-refractivity contribution in [2.45, 2.75) is 13.0 Å². The van der Waals surface area contributed by atoms with E-state index >= 15 is 0 Å². The summed E-state index contributed by atoms with van der Waals surface area (Å²) in [5.74, 6) is -0.871. The largest absolute Gasteiger partial charge is 0.488 e. The second kappa shape index (κ2) is 6.66. The summed E-state index contributed by atoms with van der Waals surface area (Å²) in [4.78, 5) is 4.06. The minimum absolute atomic E-state index is 0.0104. The van der Waals surface area contributed by atoms with Crippen LogP contribution in [0.4, 0.5) is 14.6 Å². The topological polar surface area (TPSA) is 57.9 Å². The Morgan fingerprint density at radius 1 is 1.33 bits per heavy atom. The van der Waals surface area contributed by atoms with Gasteiger partial charge in [0.15, 0.2) is 11.6 Å². The number of pyridine rings is 1. The van der Waals surface area contributed by atoms with Crippen molar-refractivity contribution >= 4 is 5.82 Å². The Morgan fingerprint density at radius 2 is 2.14 bits per heavy atom. The molecule has 0 saturated heterocycles. The van der Waals surface area contributed by atoms with Gasteiger partial charge in [-0.25, -0.2) is 13.8 Å². The zero-order valence-electron chi connectivity index (χ0n) is 11.3. The normalized spacial score (nSPS) is 11.5. The van der Waals surface area contributed by atoms with Crippen molar-refractivity contribution in [2.24, 2.45) is 0 Å². The fourth-order valence-corrected chi connectivity index (χ4v) is 1.68. The van der Waals surface area contributed by atoms with Crippen LogP contribution in [0.3, 0.4) is 0 Å². The number of nitriles is 1. The molecule has 1 atom stereocenters. The van der Waals surface area contributed by atoms with E-state index in [0.29, 0.717) is 11.5 Å². The Kier molecular flexibility index (Phi) is 4.67. The molecule has 1 unspecified atom stereocenters. The fraction of sp³-hybridized carbons (Fsp3) is 0.200. The molecule has 0 aliphatic heterocycles. The highest BCUT2D eigenvalue weighted by molar-refractivity contribution is 5.39. The summed E-state index contributed by atoms with van der Waals surface area (Å²) in [6.07, 6.45) is 0. The second-order valence-corrected chi connectivity index (χ2v) is 4.45. The lowest BCUT2D eigenvalue weighted by Crippen LogP contribution is -2.24. The summed E-state index contributed by atoms with van der Waals surface area (Å²) in [7, 11) is 0. The first-order valence-electron chi connectivity index (χ1n) is 6.30. The van der Waals surface area contributed by atoms with Crippen molar-refractivity contribution in [2.75, 3.05) is 11.9 Å². The lowest BCUT2D eigenvalue weighted by Gasteiger charge is -2.15. The predicted octanol–water partition coefficient (Wildman–Crippen LogP) is 3.11. The molecule has 1 heterocycles. The van der Waals surface area contributed by atoms with Crippen LogP contribution in [0.5, 0.6) is 5.75 Å². The number of aromatic nitrogens is 1. The van der Waals surface area contributed by atoms with Crippen molar-refractivity contribution < 1.29 is 13.5 Å². The maximum atomic E-state index is 13.4. The molecule has 2 aromatic rings. The lowest BCUT2D eigenvalue weighted by molar-refractivity contribution is 0.288. The average Bonchev–Trinajstić information content (AvgIpc) is 2.46. The van der Waals surface area contributed by atoms with E-state index < -0.39 is 11.6 Å². The molecule has 21 heavy (non-hydrogen) atoms. The maximum Gasteiger partial charge on any atom is 0.167 e. The number of ether oxygens (including phenoxy) is 1. The van der Waals surface area contributed by atoms with Crippen LogP contribution in [0.25, 0.3) is 0 Å². The van der Waals surface area contributed by atoms with Gasteiger partial charge in [-0.2, -0.15) is 5.26 Å². The van der Waals surface area contributed by atoms with Gasteiger partial charge in [-0.1, -0.05) is 6.07 Å². The summed E-state index contributed by atoms with van der Waals surface area (Å²) in [6.45, 7) is 1.99. The van der Waals surface area contributed by atoms with Crippen molar-refractivity contribution in [3.63, 3.8) is 0 Å². The third-order valence-corrected chi connectivity index (χ3v) is 2.64. The van der Waals surface area contributed by atoms with Crippen molar-refractivity contribution in [3.8, 4) is 11.8 Å². The third-order valence-electron chi connectivity index (χ3n) is 2.64. The van der Waals surface area contributed by atoms with Gasteiger partial charge in [0.1, 0.15) is 30.0 Å². The van der Waals surface area contributed by atoms with E-state index in [2.05, 4.69) is 10.3 Å². The first-order valence-corrected chi connectivity index (χ1v) is 6.30. The van der Waals surface area contributed by atoms with E-state index in [4.69, 9.17) is 10.00 Å². The molecule has 1 aromatic heterocycles. The van der Waals surface area contributed by atoms with Crippen LogP contribution in [0.1, 0.15) is 12.6 Å². The van der Waals surface area contributed by atoms with Crippen LogP contribution < -0.4 is 10.1 Å². The highest BCUT2D eigenvalue weighted by Gasteiger charge is 2.08. The number of hydrogen-bond donors (Lipinski definition) is 1. The van der Waals surface area contributed by atoms with E-state index in [9.17, 15) is 8.78 Å². The Labute approximate surface area is 121 Å². The van der Waals surface area contributed by atoms with Crippen LogP contribution in [0, 0.1) is 23.0 Å². The van der Waals surface area contributed by atoms with Gasteiger partial charge in [0.2, 0.25) is 0 Å². The number of anilines is 1. The van der Waals surface area contributed by atoms with E-state index in [1.165, 1.54) is 6.07 Å². The van der Waals surface area contributed by atoms with Crippen molar-refractivity contribution in [1.82, 2.24) is 4.98 Å². The molecular formula is C15H13F2N3O. The first-order chi connectivity index (χ1) is 10.1. The molecule has 4 nitrogen and oxygen atoms in total. The highest BCUT2D eigenvalue weighted by atomic mass is 19.1. The summed E-state index contributed by atoms with van der Waals surface area (Å²) >= 11 is 0. The van der Waals surface area contributed by atoms with Crippen LogP contribution in [-0.2, 0) is 0 Å². The number of nitrogens with zero attached hydrogens (tertiary/aromatic N) is 2. The van der Waals surface area contributed by atoms with E-state index in [1.54, 1.807) is 18.2 Å². The molecule has 0 saturated carbocycles. The average molecular weight is 289 g/mol. The Morgan fingerprint density at radius 3 is 2.86 bits per heavy atom. The first kappa shape index (κ1) is 14.7. The summed E-state index contributed by atoms with van der Waals surface area (Å²) < 4.78 is 31.4. The Hall–Kier alpha value is -2.68. The quantitative estimate of drug-likeness (QED) is 0.918. The molecule has 0 aliphatic rings. The summed E-state index contributed by atoms with van der Waals surface area (Å²) in [5, 5.41) is 11.8. The molecule has 108 valence electrons. The van der Waals surface area contributed by atoms with E-state index in [0.717, 1.165) is 12.1 Å².